The molecule has 0 spiro atoms. The van der Waals surface area contributed by atoms with Crippen LogP contribution in [0.4, 0.5) is 0 Å². The van der Waals surface area contributed by atoms with E-state index in [4.69, 9.17) is 11.6 Å². The zero-order valence-corrected chi connectivity index (χ0v) is 13.0. The van der Waals surface area contributed by atoms with Gasteiger partial charge in [-0.2, -0.15) is 0 Å². The molecule has 0 aliphatic heterocycles. The number of rotatable bonds is 6. The Hall–Kier alpha value is -0.830. The standard InChI is InChI=1S/C16H20ClNS/c1-3-14(11-13-7-5-4-6-8-13)18-12(2)15-9-10-16(17)19-15/h4-10,12,14,18H,3,11H2,1-2H3. The lowest BCUT2D eigenvalue weighted by atomic mass is 10.0. The molecule has 102 valence electrons. The van der Waals surface area contributed by atoms with Crippen molar-refractivity contribution >= 4 is 22.9 Å². The van der Waals surface area contributed by atoms with Crippen molar-refractivity contribution in [1.82, 2.24) is 5.32 Å². The molecule has 2 unspecified atom stereocenters. The van der Waals surface area contributed by atoms with E-state index in [1.165, 1.54) is 10.4 Å². The van der Waals surface area contributed by atoms with Gasteiger partial charge in [-0.1, -0.05) is 48.9 Å². The average molecular weight is 294 g/mol. The molecule has 0 radical (unpaired) electrons. The summed E-state index contributed by atoms with van der Waals surface area (Å²) in [7, 11) is 0. The molecule has 1 N–H and O–H groups in total. The highest BCUT2D eigenvalue weighted by Crippen LogP contribution is 2.27. The molecule has 0 aliphatic carbocycles. The smallest absolute Gasteiger partial charge is 0.0931 e. The van der Waals surface area contributed by atoms with Gasteiger partial charge in [0.05, 0.1) is 4.34 Å². The van der Waals surface area contributed by atoms with E-state index in [1.54, 1.807) is 11.3 Å². The third-order valence-electron chi connectivity index (χ3n) is 3.32. The molecule has 1 nitrogen and oxygen atoms in total. The molecule has 0 saturated heterocycles. The zero-order valence-electron chi connectivity index (χ0n) is 11.4. The van der Waals surface area contributed by atoms with Crippen LogP contribution in [0.2, 0.25) is 4.34 Å². The van der Waals surface area contributed by atoms with Crippen molar-refractivity contribution in [3.63, 3.8) is 0 Å². The van der Waals surface area contributed by atoms with Gasteiger partial charge in [0.1, 0.15) is 0 Å². The second-order valence-corrected chi connectivity index (χ2v) is 6.57. The fourth-order valence-electron chi connectivity index (χ4n) is 2.22. The highest BCUT2D eigenvalue weighted by molar-refractivity contribution is 7.16. The number of halogens is 1. The molecule has 2 atom stereocenters. The SMILES string of the molecule is CCC(Cc1ccccc1)NC(C)c1ccc(Cl)s1. The predicted octanol–water partition coefficient (Wildman–Crippen LogP) is 5.07. The van der Waals surface area contributed by atoms with Crippen molar-refractivity contribution in [2.75, 3.05) is 0 Å². The number of hydrogen-bond donors (Lipinski definition) is 1. The van der Waals surface area contributed by atoms with E-state index in [9.17, 15) is 0 Å². The van der Waals surface area contributed by atoms with Crippen LogP contribution in [0.5, 0.6) is 0 Å². The second-order valence-electron chi connectivity index (χ2n) is 4.83. The Bertz CT molecular complexity index is 494. The van der Waals surface area contributed by atoms with E-state index in [0.717, 1.165) is 17.2 Å². The molecule has 0 saturated carbocycles. The fraction of sp³-hybridized carbons (Fsp3) is 0.375. The van der Waals surface area contributed by atoms with Crippen molar-refractivity contribution < 1.29 is 0 Å². The highest BCUT2D eigenvalue weighted by Gasteiger charge is 2.13. The second kappa shape index (κ2) is 7.09. The number of nitrogens with one attached hydrogen (secondary N) is 1. The third kappa shape index (κ3) is 4.34. The molecule has 1 aromatic carbocycles. The van der Waals surface area contributed by atoms with Crippen molar-refractivity contribution in [2.24, 2.45) is 0 Å². The lowest BCUT2D eigenvalue weighted by molar-refractivity contribution is 0.444. The lowest BCUT2D eigenvalue weighted by Gasteiger charge is -2.21. The molecule has 0 fully saturated rings. The first-order valence-corrected chi connectivity index (χ1v) is 7.93. The molecular formula is C16H20ClNS. The summed E-state index contributed by atoms with van der Waals surface area (Å²) in [6.07, 6.45) is 2.19. The Morgan fingerprint density at radius 3 is 2.47 bits per heavy atom. The Morgan fingerprint density at radius 1 is 1.16 bits per heavy atom. The van der Waals surface area contributed by atoms with Gasteiger partial charge in [-0.15, -0.1) is 11.3 Å². The van der Waals surface area contributed by atoms with Crippen LogP contribution in [-0.2, 0) is 6.42 Å². The van der Waals surface area contributed by atoms with Gasteiger partial charge in [0, 0.05) is 17.0 Å². The van der Waals surface area contributed by atoms with E-state index in [-0.39, 0.29) is 0 Å². The summed E-state index contributed by atoms with van der Waals surface area (Å²) in [5, 5.41) is 3.70. The van der Waals surface area contributed by atoms with Crippen molar-refractivity contribution in [3.8, 4) is 0 Å². The largest absolute Gasteiger partial charge is 0.306 e. The number of thiophene rings is 1. The third-order valence-corrected chi connectivity index (χ3v) is 4.74. The van der Waals surface area contributed by atoms with Crippen LogP contribution < -0.4 is 5.32 Å². The predicted molar refractivity (Wildman–Crippen MR) is 85.1 cm³/mol. The van der Waals surface area contributed by atoms with Crippen LogP contribution >= 0.6 is 22.9 Å². The van der Waals surface area contributed by atoms with Crippen molar-refractivity contribution in [1.29, 1.82) is 0 Å². The molecule has 0 bridgehead atoms. The molecule has 1 heterocycles. The highest BCUT2D eigenvalue weighted by atomic mass is 35.5. The average Bonchev–Trinajstić information content (AvgIpc) is 2.86. The summed E-state index contributed by atoms with van der Waals surface area (Å²) >= 11 is 7.65. The van der Waals surface area contributed by atoms with Crippen molar-refractivity contribution in [2.45, 2.75) is 38.8 Å². The van der Waals surface area contributed by atoms with E-state index < -0.39 is 0 Å². The molecule has 2 aromatic rings. The monoisotopic (exact) mass is 293 g/mol. The van der Waals surface area contributed by atoms with Gasteiger partial charge in [0.15, 0.2) is 0 Å². The van der Waals surface area contributed by atoms with E-state index in [0.29, 0.717) is 12.1 Å². The maximum Gasteiger partial charge on any atom is 0.0931 e. The van der Waals surface area contributed by atoms with Crippen molar-refractivity contribution in [3.05, 3.63) is 57.2 Å². The Labute approximate surface area is 124 Å². The van der Waals surface area contributed by atoms with Gasteiger partial charge in [-0.05, 0) is 37.5 Å². The van der Waals surface area contributed by atoms with Gasteiger partial charge < -0.3 is 5.32 Å². The van der Waals surface area contributed by atoms with E-state index in [1.807, 2.05) is 6.07 Å². The van der Waals surface area contributed by atoms with Gasteiger partial charge in [-0.25, -0.2) is 0 Å². The first-order chi connectivity index (χ1) is 9.19. The molecule has 0 aliphatic rings. The van der Waals surface area contributed by atoms with Gasteiger partial charge in [-0.3, -0.25) is 0 Å². The quantitative estimate of drug-likeness (QED) is 0.784. The van der Waals surface area contributed by atoms with Gasteiger partial charge in [0.25, 0.3) is 0 Å². The minimum Gasteiger partial charge on any atom is -0.306 e. The topological polar surface area (TPSA) is 12.0 Å². The fourth-order valence-corrected chi connectivity index (χ4v) is 3.29. The van der Waals surface area contributed by atoms with E-state index in [2.05, 4.69) is 55.6 Å². The van der Waals surface area contributed by atoms with Crippen LogP contribution in [0, 0.1) is 0 Å². The Morgan fingerprint density at radius 2 is 1.89 bits per heavy atom. The maximum absolute atomic E-state index is 6.00. The normalized spacial score (nSPS) is 14.3. The summed E-state index contributed by atoms with van der Waals surface area (Å²) in [4.78, 5) is 1.30. The minimum absolute atomic E-state index is 0.353. The van der Waals surface area contributed by atoms with Crippen LogP contribution in [0.25, 0.3) is 0 Å². The Balaban J connectivity index is 1.95. The Kier molecular flexibility index (Phi) is 5.44. The number of hydrogen-bond acceptors (Lipinski definition) is 2. The number of benzene rings is 1. The molecule has 3 heteroatoms. The first-order valence-electron chi connectivity index (χ1n) is 6.74. The summed E-state index contributed by atoms with van der Waals surface area (Å²) in [5.74, 6) is 0. The lowest BCUT2D eigenvalue weighted by Crippen LogP contribution is -2.32. The summed E-state index contributed by atoms with van der Waals surface area (Å²) in [6.45, 7) is 4.44. The van der Waals surface area contributed by atoms with Gasteiger partial charge in [0.2, 0.25) is 0 Å². The molecule has 19 heavy (non-hydrogen) atoms. The summed E-state index contributed by atoms with van der Waals surface area (Å²) < 4.78 is 0.861. The maximum atomic E-state index is 6.00. The van der Waals surface area contributed by atoms with Gasteiger partial charge >= 0.3 is 0 Å². The first kappa shape index (κ1) is 14.6. The molecular weight excluding hydrogens is 274 g/mol. The summed E-state index contributed by atoms with van der Waals surface area (Å²) in [6, 6.07) is 15.6. The zero-order chi connectivity index (χ0) is 13.7. The van der Waals surface area contributed by atoms with E-state index >= 15 is 0 Å². The summed E-state index contributed by atoms with van der Waals surface area (Å²) in [5.41, 5.74) is 1.39. The van der Waals surface area contributed by atoms with Crippen LogP contribution in [0.15, 0.2) is 42.5 Å². The molecule has 0 amide bonds. The minimum atomic E-state index is 0.353. The van der Waals surface area contributed by atoms with Crippen LogP contribution in [-0.4, -0.2) is 6.04 Å². The molecule has 1 aromatic heterocycles. The molecule has 2 rings (SSSR count). The van der Waals surface area contributed by atoms with Crippen LogP contribution in [0.1, 0.15) is 36.8 Å². The van der Waals surface area contributed by atoms with Crippen LogP contribution in [0.3, 0.4) is 0 Å².